The molecule has 0 spiro atoms. The number of carbonyl (C=O) groups is 2. The van der Waals surface area contributed by atoms with Crippen molar-refractivity contribution in [3.8, 4) is 16.9 Å². The van der Waals surface area contributed by atoms with Crippen LogP contribution in [0.5, 0.6) is 0 Å². The van der Waals surface area contributed by atoms with Crippen molar-refractivity contribution in [2.45, 2.75) is 0 Å². The standard InChI is InChI=1S/C26H17ClN4O2S/c27-19-11-13-21(14-12-19)31-25(33)22(24(32)28-26(31)34)15-18-16-30(20-9-5-2-6-10-20)29-23(18)17-7-3-1-4-8-17/h1-16H,(H,28,32,34)/b22-15+. The molecule has 0 unspecified atom stereocenters. The van der Waals surface area contributed by atoms with Gasteiger partial charge in [-0.2, -0.15) is 5.10 Å². The van der Waals surface area contributed by atoms with Crippen LogP contribution >= 0.6 is 23.8 Å². The highest BCUT2D eigenvalue weighted by Gasteiger charge is 2.34. The van der Waals surface area contributed by atoms with Gasteiger partial charge in [-0.25, -0.2) is 4.68 Å². The largest absolute Gasteiger partial charge is 0.298 e. The van der Waals surface area contributed by atoms with Gasteiger partial charge in [0.25, 0.3) is 11.8 Å². The minimum Gasteiger partial charge on any atom is -0.298 e. The number of carbonyl (C=O) groups excluding carboxylic acids is 2. The zero-order valence-corrected chi connectivity index (χ0v) is 19.3. The van der Waals surface area contributed by atoms with E-state index >= 15 is 0 Å². The first-order valence-electron chi connectivity index (χ1n) is 10.4. The average Bonchev–Trinajstić information content (AvgIpc) is 3.28. The fourth-order valence-electron chi connectivity index (χ4n) is 3.66. The molecule has 6 nitrogen and oxygen atoms in total. The maximum absolute atomic E-state index is 13.4. The molecule has 0 radical (unpaired) electrons. The average molecular weight is 485 g/mol. The molecule has 0 aliphatic carbocycles. The molecule has 4 aromatic rings. The Morgan fingerprint density at radius 1 is 0.853 bits per heavy atom. The molecule has 3 aromatic carbocycles. The zero-order chi connectivity index (χ0) is 23.7. The Balaban J connectivity index is 1.62. The Labute approximate surface area is 206 Å². The monoisotopic (exact) mass is 484 g/mol. The van der Waals surface area contributed by atoms with Crippen molar-refractivity contribution in [3.63, 3.8) is 0 Å². The lowest BCUT2D eigenvalue weighted by Crippen LogP contribution is -2.54. The van der Waals surface area contributed by atoms with Crippen LogP contribution in [0.25, 0.3) is 23.0 Å². The van der Waals surface area contributed by atoms with Gasteiger partial charge in [-0.3, -0.25) is 19.8 Å². The highest BCUT2D eigenvalue weighted by atomic mass is 35.5. The maximum atomic E-state index is 13.4. The fraction of sp³-hybridized carbons (Fsp3) is 0. The third-order valence-corrected chi connectivity index (χ3v) is 5.83. The zero-order valence-electron chi connectivity index (χ0n) is 17.7. The van der Waals surface area contributed by atoms with Crippen LogP contribution in [0.15, 0.2) is 96.7 Å². The second-order valence-electron chi connectivity index (χ2n) is 7.51. The molecule has 0 saturated carbocycles. The molecular formula is C26H17ClN4O2S. The lowest BCUT2D eigenvalue weighted by molar-refractivity contribution is -0.122. The van der Waals surface area contributed by atoms with Crippen molar-refractivity contribution in [1.82, 2.24) is 15.1 Å². The van der Waals surface area contributed by atoms with Crippen molar-refractivity contribution in [3.05, 3.63) is 107 Å². The SMILES string of the molecule is O=C1NC(=S)N(c2ccc(Cl)cc2)C(=O)/C1=C/c1cn(-c2ccccc2)nc1-c1ccccc1. The van der Waals surface area contributed by atoms with Gasteiger partial charge in [-0.05, 0) is 54.7 Å². The molecule has 1 aliphatic rings. The van der Waals surface area contributed by atoms with E-state index in [1.54, 1.807) is 41.2 Å². The van der Waals surface area contributed by atoms with E-state index in [-0.39, 0.29) is 10.7 Å². The summed E-state index contributed by atoms with van der Waals surface area (Å²) in [4.78, 5) is 27.5. The summed E-state index contributed by atoms with van der Waals surface area (Å²) in [6.07, 6.45) is 3.35. The number of thiocarbonyl (C=S) groups is 1. The number of hydrogen-bond donors (Lipinski definition) is 1. The van der Waals surface area contributed by atoms with Crippen molar-refractivity contribution >= 4 is 52.5 Å². The van der Waals surface area contributed by atoms with Crippen LogP contribution in [0, 0.1) is 0 Å². The predicted octanol–water partition coefficient (Wildman–Crippen LogP) is 5.02. The number of para-hydroxylation sites is 1. The molecule has 1 N–H and O–H groups in total. The smallest absolute Gasteiger partial charge is 0.270 e. The molecule has 1 saturated heterocycles. The number of halogens is 1. The van der Waals surface area contributed by atoms with Crippen LogP contribution in [-0.2, 0) is 9.59 Å². The third kappa shape index (κ3) is 4.14. The Hall–Kier alpha value is -4.07. The topological polar surface area (TPSA) is 67.2 Å². The molecule has 34 heavy (non-hydrogen) atoms. The summed E-state index contributed by atoms with van der Waals surface area (Å²) in [5.74, 6) is -1.09. The Kier molecular flexibility index (Phi) is 5.79. The lowest BCUT2D eigenvalue weighted by atomic mass is 10.0. The van der Waals surface area contributed by atoms with Gasteiger partial charge in [-0.1, -0.05) is 60.1 Å². The predicted molar refractivity (Wildman–Crippen MR) is 137 cm³/mol. The number of aromatic nitrogens is 2. The molecule has 1 aliphatic heterocycles. The Bertz CT molecular complexity index is 1430. The maximum Gasteiger partial charge on any atom is 0.270 e. The first kappa shape index (κ1) is 21.8. The number of benzene rings is 3. The summed E-state index contributed by atoms with van der Waals surface area (Å²) >= 11 is 11.3. The highest BCUT2D eigenvalue weighted by molar-refractivity contribution is 7.80. The summed E-state index contributed by atoms with van der Waals surface area (Å²) in [5.41, 5.74) is 3.44. The summed E-state index contributed by atoms with van der Waals surface area (Å²) < 4.78 is 1.72. The van der Waals surface area contributed by atoms with Crippen molar-refractivity contribution < 1.29 is 9.59 Å². The van der Waals surface area contributed by atoms with E-state index in [1.807, 2.05) is 60.7 Å². The lowest BCUT2D eigenvalue weighted by Gasteiger charge is -2.28. The number of anilines is 1. The van der Waals surface area contributed by atoms with E-state index in [0.29, 0.717) is 22.0 Å². The summed E-state index contributed by atoms with van der Waals surface area (Å²) in [6, 6.07) is 25.9. The van der Waals surface area contributed by atoms with Crippen LogP contribution in [0.1, 0.15) is 5.56 Å². The van der Waals surface area contributed by atoms with Crippen molar-refractivity contribution in [1.29, 1.82) is 0 Å². The molecule has 2 amide bonds. The Morgan fingerprint density at radius 2 is 1.50 bits per heavy atom. The van der Waals surface area contributed by atoms with Gasteiger partial charge in [0, 0.05) is 22.3 Å². The Morgan fingerprint density at radius 3 is 2.18 bits per heavy atom. The first-order chi connectivity index (χ1) is 16.5. The van der Waals surface area contributed by atoms with Gasteiger partial charge in [0.15, 0.2) is 5.11 Å². The van der Waals surface area contributed by atoms with E-state index in [4.69, 9.17) is 28.9 Å². The van der Waals surface area contributed by atoms with E-state index in [9.17, 15) is 9.59 Å². The molecule has 1 aromatic heterocycles. The van der Waals surface area contributed by atoms with Crippen molar-refractivity contribution in [2.24, 2.45) is 0 Å². The van der Waals surface area contributed by atoms with Gasteiger partial charge in [-0.15, -0.1) is 0 Å². The fourth-order valence-corrected chi connectivity index (χ4v) is 4.07. The second kappa shape index (κ2) is 9.05. The number of nitrogens with one attached hydrogen (secondary N) is 1. The second-order valence-corrected chi connectivity index (χ2v) is 8.34. The molecule has 2 heterocycles. The first-order valence-corrected chi connectivity index (χ1v) is 11.2. The molecule has 1 fully saturated rings. The summed E-state index contributed by atoms with van der Waals surface area (Å²) in [5, 5.41) is 7.89. The molecule has 0 bridgehead atoms. The van der Waals surface area contributed by atoms with Gasteiger partial charge in [0.1, 0.15) is 5.57 Å². The number of amides is 2. The van der Waals surface area contributed by atoms with E-state index < -0.39 is 11.8 Å². The third-order valence-electron chi connectivity index (χ3n) is 5.30. The van der Waals surface area contributed by atoms with Crippen LogP contribution in [0.4, 0.5) is 5.69 Å². The minimum atomic E-state index is -0.563. The van der Waals surface area contributed by atoms with Crippen LogP contribution in [0.2, 0.25) is 5.02 Å². The van der Waals surface area contributed by atoms with Crippen LogP contribution < -0.4 is 10.2 Å². The summed E-state index contributed by atoms with van der Waals surface area (Å²) in [6.45, 7) is 0. The van der Waals surface area contributed by atoms with E-state index in [1.165, 1.54) is 4.90 Å². The normalized spacial score (nSPS) is 15.0. The van der Waals surface area contributed by atoms with E-state index in [2.05, 4.69) is 5.32 Å². The van der Waals surface area contributed by atoms with Gasteiger partial charge < -0.3 is 0 Å². The van der Waals surface area contributed by atoms with E-state index in [0.717, 1.165) is 11.3 Å². The summed E-state index contributed by atoms with van der Waals surface area (Å²) in [7, 11) is 0. The highest BCUT2D eigenvalue weighted by Crippen LogP contribution is 2.28. The minimum absolute atomic E-state index is 0.0118. The molecule has 0 atom stereocenters. The van der Waals surface area contributed by atoms with Gasteiger partial charge in [0.2, 0.25) is 0 Å². The molecule has 5 rings (SSSR count). The van der Waals surface area contributed by atoms with Crippen LogP contribution in [0.3, 0.4) is 0 Å². The van der Waals surface area contributed by atoms with Crippen molar-refractivity contribution in [2.75, 3.05) is 4.90 Å². The van der Waals surface area contributed by atoms with Gasteiger partial charge in [0.05, 0.1) is 17.1 Å². The molecule has 8 heteroatoms. The van der Waals surface area contributed by atoms with Crippen LogP contribution in [-0.4, -0.2) is 26.7 Å². The molecule has 166 valence electrons. The number of nitrogens with zero attached hydrogens (tertiary/aromatic N) is 3. The quantitative estimate of drug-likeness (QED) is 0.251. The van der Waals surface area contributed by atoms with Gasteiger partial charge >= 0.3 is 0 Å². The number of hydrogen-bond acceptors (Lipinski definition) is 4. The number of rotatable bonds is 4. The molecular weight excluding hydrogens is 468 g/mol.